The maximum absolute atomic E-state index is 13.0. The second-order valence-electron chi connectivity index (χ2n) is 3.37. The van der Waals surface area contributed by atoms with E-state index in [1.165, 1.54) is 12.1 Å². The third-order valence-corrected chi connectivity index (χ3v) is 2.79. The van der Waals surface area contributed by atoms with Gasteiger partial charge in [-0.15, -0.1) is 0 Å². The highest BCUT2D eigenvalue weighted by atomic mass is 127. The van der Waals surface area contributed by atoms with Gasteiger partial charge < -0.3 is 11.1 Å². The molecule has 0 amide bonds. The number of hydrogen-bond acceptors (Lipinski definition) is 2. The molecule has 82 valence electrons. The second kappa shape index (κ2) is 4.69. The van der Waals surface area contributed by atoms with Crippen LogP contribution in [0.25, 0.3) is 0 Å². The Balaban J connectivity index is 2.27. The van der Waals surface area contributed by atoms with Crippen molar-refractivity contribution in [3.63, 3.8) is 0 Å². The SMILES string of the molecule is Nc1cc(I)ccc1Nc1cccc(F)c1. The first kappa shape index (κ1) is 11.2. The number of anilines is 3. The normalized spacial score (nSPS) is 10.1. The van der Waals surface area contributed by atoms with Gasteiger partial charge in [0.15, 0.2) is 0 Å². The molecule has 0 fully saturated rings. The van der Waals surface area contributed by atoms with Gasteiger partial charge in [0.25, 0.3) is 0 Å². The smallest absolute Gasteiger partial charge is 0.125 e. The minimum Gasteiger partial charge on any atom is -0.397 e. The minimum atomic E-state index is -0.269. The fraction of sp³-hybridized carbons (Fsp3) is 0. The van der Waals surface area contributed by atoms with Crippen molar-refractivity contribution in [3.05, 3.63) is 51.9 Å². The Morgan fingerprint density at radius 2 is 1.94 bits per heavy atom. The van der Waals surface area contributed by atoms with E-state index in [-0.39, 0.29) is 5.82 Å². The van der Waals surface area contributed by atoms with Crippen LogP contribution in [0.4, 0.5) is 21.5 Å². The number of hydrogen-bond donors (Lipinski definition) is 2. The van der Waals surface area contributed by atoms with Gasteiger partial charge in [-0.05, 0) is 59.0 Å². The molecule has 0 atom stereocenters. The van der Waals surface area contributed by atoms with E-state index in [0.29, 0.717) is 11.4 Å². The summed E-state index contributed by atoms with van der Waals surface area (Å²) in [5.74, 6) is -0.269. The van der Waals surface area contributed by atoms with Crippen LogP contribution in [0.15, 0.2) is 42.5 Å². The van der Waals surface area contributed by atoms with Crippen molar-refractivity contribution in [2.45, 2.75) is 0 Å². The Hall–Kier alpha value is -1.30. The zero-order chi connectivity index (χ0) is 11.5. The van der Waals surface area contributed by atoms with Gasteiger partial charge in [0.2, 0.25) is 0 Å². The maximum atomic E-state index is 13.0. The fourth-order valence-electron chi connectivity index (χ4n) is 1.37. The summed E-state index contributed by atoms with van der Waals surface area (Å²) >= 11 is 2.19. The first-order valence-electron chi connectivity index (χ1n) is 4.73. The van der Waals surface area contributed by atoms with Gasteiger partial charge in [-0.1, -0.05) is 6.07 Å². The third-order valence-electron chi connectivity index (χ3n) is 2.12. The molecule has 0 heterocycles. The monoisotopic (exact) mass is 328 g/mol. The van der Waals surface area contributed by atoms with Gasteiger partial charge in [-0.2, -0.15) is 0 Å². The summed E-state index contributed by atoms with van der Waals surface area (Å²) in [5.41, 5.74) is 7.97. The van der Waals surface area contributed by atoms with E-state index in [4.69, 9.17) is 5.73 Å². The molecule has 0 aliphatic rings. The summed E-state index contributed by atoms with van der Waals surface area (Å²) < 4.78 is 14.0. The summed E-state index contributed by atoms with van der Waals surface area (Å²) in [4.78, 5) is 0. The summed E-state index contributed by atoms with van der Waals surface area (Å²) in [6.07, 6.45) is 0. The van der Waals surface area contributed by atoms with E-state index in [1.807, 2.05) is 18.2 Å². The maximum Gasteiger partial charge on any atom is 0.125 e. The predicted octanol–water partition coefficient (Wildman–Crippen LogP) is 3.76. The lowest BCUT2D eigenvalue weighted by molar-refractivity contribution is 0.628. The van der Waals surface area contributed by atoms with Gasteiger partial charge in [-0.3, -0.25) is 0 Å². The van der Waals surface area contributed by atoms with Gasteiger partial charge in [0, 0.05) is 9.26 Å². The molecule has 2 nitrogen and oxygen atoms in total. The number of rotatable bonds is 2. The van der Waals surface area contributed by atoms with Crippen molar-refractivity contribution in [2.75, 3.05) is 11.1 Å². The number of nitrogens with two attached hydrogens (primary N) is 1. The average molecular weight is 328 g/mol. The quantitative estimate of drug-likeness (QED) is 0.651. The van der Waals surface area contributed by atoms with Crippen LogP contribution in [-0.4, -0.2) is 0 Å². The van der Waals surface area contributed by atoms with Crippen LogP contribution in [-0.2, 0) is 0 Å². The molecule has 3 N–H and O–H groups in total. The lowest BCUT2D eigenvalue weighted by Gasteiger charge is -2.09. The van der Waals surface area contributed by atoms with Crippen molar-refractivity contribution in [1.29, 1.82) is 0 Å². The van der Waals surface area contributed by atoms with E-state index in [0.717, 1.165) is 9.26 Å². The molecule has 0 radical (unpaired) electrons. The summed E-state index contributed by atoms with van der Waals surface area (Å²) in [5, 5.41) is 3.07. The number of nitrogen functional groups attached to an aromatic ring is 1. The lowest BCUT2D eigenvalue weighted by Crippen LogP contribution is -1.96. The van der Waals surface area contributed by atoms with Crippen LogP contribution >= 0.6 is 22.6 Å². The molecule has 0 aliphatic heterocycles. The van der Waals surface area contributed by atoms with E-state index in [1.54, 1.807) is 12.1 Å². The Morgan fingerprint density at radius 1 is 1.12 bits per heavy atom. The second-order valence-corrected chi connectivity index (χ2v) is 4.61. The topological polar surface area (TPSA) is 38.0 Å². The zero-order valence-electron chi connectivity index (χ0n) is 8.37. The molecule has 0 aliphatic carbocycles. The van der Waals surface area contributed by atoms with E-state index >= 15 is 0 Å². The highest BCUT2D eigenvalue weighted by Crippen LogP contribution is 2.24. The average Bonchev–Trinajstić information content (AvgIpc) is 2.22. The molecule has 2 aromatic carbocycles. The predicted molar refractivity (Wildman–Crippen MR) is 73.3 cm³/mol. The first-order chi connectivity index (χ1) is 7.65. The van der Waals surface area contributed by atoms with Crippen LogP contribution < -0.4 is 11.1 Å². The number of benzene rings is 2. The van der Waals surface area contributed by atoms with E-state index < -0.39 is 0 Å². The Kier molecular flexibility index (Phi) is 3.28. The molecule has 2 aromatic rings. The Bertz CT molecular complexity index is 514. The molecule has 0 aromatic heterocycles. The highest BCUT2D eigenvalue weighted by molar-refractivity contribution is 14.1. The highest BCUT2D eigenvalue weighted by Gasteiger charge is 2.00. The molecule has 16 heavy (non-hydrogen) atoms. The van der Waals surface area contributed by atoms with Crippen molar-refractivity contribution in [2.24, 2.45) is 0 Å². The summed E-state index contributed by atoms with van der Waals surface area (Å²) in [6, 6.07) is 12.0. The van der Waals surface area contributed by atoms with Gasteiger partial charge in [0.1, 0.15) is 5.82 Å². The molecule has 4 heteroatoms. The van der Waals surface area contributed by atoms with Crippen molar-refractivity contribution < 1.29 is 4.39 Å². The number of halogens is 2. The number of nitrogens with one attached hydrogen (secondary N) is 1. The minimum absolute atomic E-state index is 0.269. The van der Waals surface area contributed by atoms with Crippen LogP contribution in [0.2, 0.25) is 0 Å². The van der Waals surface area contributed by atoms with Crippen LogP contribution in [0.3, 0.4) is 0 Å². The van der Waals surface area contributed by atoms with Crippen LogP contribution in [0, 0.1) is 9.39 Å². The molecular formula is C12H10FIN2. The molecule has 0 saturated heterocycles. The van der Waals surface area contributed by atoms with Crippen LogP contribution in [0.5, 0.6) is 0 Å². The Labute approximate surface area is 107 Å². The van der Waals surface area contributed by atoms with Gasteiger partial charge in [-0.25, -0.2) is 4.39 Å². The fourth-order valence-corrected chi connectivity index (χ4v) is 1.88. The van der Waals surface area contributed by atoms with Gasteiger partial charge >= 0.3 is 0 Å². The standard InChI is InChI=1S/C12H10FIN2/c13-8-2-1-3-10(6-8)16-12-5-4-9(14)7-11(12)15/h1-7,16H,15H2. The molecule has 0 unspecified atom stereocenters. The van der Waals surface area contributed by atoms with Crippen molar-refractivity contribution in [1.82, 2.24) is 0 Å². The molecular weight excluding hydrogens is 318 g/mol. The van der Waals surface area contributed by atoms with Crippen molar-refractivity contribution in [3.8, 4) is 0 Å². The largest absolute Gasteiger partial charge is 0.397 e. The van der Waals surface area contributed by atoms with Crippen LogP contribution in [0.1, 0.15) is 0 Å². The van der Waals surface area contributed by atoms with E-state index in [2.05, 4.69) is 27.9 Å². The molecule has 0 spiro atoms. The van der Waals surface area contributed by atoms with E-state index in [9.17, 15) is 4.39 Å². The first-order valence-corrected chi connectivity index (χ1v) is 5.80. The molecule has 2 rings (SSSR count). The third kappa shape index (κ3) is 2.63. The zero-order valence-corrected chi connectivity index (χ0v) is 10.5. The molecule has 0 bridgehead atoms. The lowest BCUT2D eigenvalue weighted by atomic mass is 10.2. The van der Waals surface area contributed by atoms with Gasteiger partial charge in [0.05, 0.1) is 11.4 Å². The Morgan fingerprint density at radius 3 is 2.62 bits per heavy atom. The summed E-state index contributed by atoms with van der Waals surface area (Å²) in [7, 11) is 0. The summed E-state index contributed by atoms with van der Waals surface area (Å²) in [6.45, 7) is 0. The molecule has 0 saturated carbocycles. The van der Waals surface area contributed by atoms with Crippen molar-refractivity contribution >= 4 is 39.7 Å².